The monoisotopic (exact) mass is 453 g/mol. The third-order valence-electron chi connectivity index (χ3n) is 4.14. The number of carbonyl (C=O) groups excluding carboxylic acids is 1. The van der Waals surface area contributed by atoms with Crippen molar-refractivity contribution >= 4 is 34.6 Å². The molecule has 156 valence electrons. The minimum Gasteiger partial charge on any atom is -0.593 e. The van der Waals surface area contributed by atoms with Crippen LogP contribution >= 0.6 is 11.6 Å². The maximum atomic E-state index is 13.0. The zero-order valence-corrected chi connectivity index (χ0v) is 16.8. The maximum absolute atomic E-state index is 13.0. The molecule has 3 rings (SSSR count). The number of carbonyl (C=O) groups is 1. The highest BCUT2D eigenvalue weighted by atomic mass is 35.5. The Kier molecular flexibility index (Phi) is 6.67. The van der Waals surface area contributed by atoms with Gasteiger partial charge in [0.2, 0.25) is 5.91 Å². The van der Waals surface area contributed by atoms with Crippen LogP contribution in [0.1, 0.15) is 11.1 Å². The zero-order chi connectivity index (χ0) is 21.9. The standard InChI is InChI=1S/C20H15ClF3N3O2S/c21-15-3-1-12(2-4-15)7-19(28)27-16-5-6-17(18(9-16)30(25)29)13-8-14(11-26-10-13)20(22,23)24/h1-6,8-11H,7,25H2,(H,27,28). The number of benzene rings is 2. The SMILES string of the molecule is N[S+]([O-])c1cc(NC(=O)Cc2ccc(Cl)cc2)ccc1-c1cncc(C(F)(F)F)c1. The third kappa shape index (κ3) is 5.51. The molecule has 3 N–H and O–H groups in total. The molecule has 10 heteroatoms. The number of amides is 1. The molecule has 0 bridgehead atoms. The number of nitrogens with zero attached hydrogens (tertiary/aromatic N) is 1. The fraction of sp³-hybridized carbons (Fsp3) is 0.100. The Balaban J connectivity index is 1.85. The van der Waals surface area contributed by atoms with Gasteiger partial charge >= 0.3 is 6.18 Å². The van der Waals surface area contributed by atoms with Gasteiger partial charge in [0.15, 0.2) is 4.90 Å². The summed E-state index contributed by atoms with van der Waals surface area (Å²) in [6.45, 7) is 0. The van der Waals surface area contributed by atoms with Gasteiger partial charge in [0.05, 0.1) is 23.3 Å². The van der Waals surface area contributed by atoms with Crippen molar-refractivity contribution in [3.63, 3.8) is 0 Å². The average molecular weight is 454 g/mol. The van der Waals surface area contributed by atoms with E-state index in [1.807, 2.05) is 0 Å². The second-order valence-electron chi connectivity index (χ2n) is 6.32. The highest BCUT2D eigenvalue weighted by molar-refractivity contribution is 7.89. The molecule has 0 fully saturated rings. The Morgan fingerprint density at radius 3 is 2.47 bits per heavy atom. The second-order valence-corrected chi connectivity index (χ2v) is 7.79. The quantitative estimate of drug-likeness (QED) is 0.553. The molecule has 1 aromatic heterocycles. The highest BCUT2D eigenvalue weighted by Gasteiger charge is 2.31. The molecule has 0 aliphatic rings. The van der Waals surface area contributed by atoms with Gasteiger partial charge in [0, 0.05) is 40.3 Å². The normalized spacial score (nSPS) is 12.5. The molecule has 1 atom stereocenters. The van der Waals surface area contributed by atoms with E-state index in [1.54, 1.807) is 24.3 Å². The van der Waals surface area contributed by atoms with E-state index in [2.05, 4.69) is 10.3 Å². The Morgan fingerprint density at radius 1 is 1.13 bits per heavy atom. The number of hydrogen-bond acceptors (Lipinski definition) is 4. The largest absolute Gasteiger partial charge is 0.593 e. The van der Waals surface area contributed by atoms with E-state index < -0.39 is 23.1 Å². The Labute approximate surface area is 178 Å². The summed E-state index contributed by atoms with van der Waals surface area (Å²) in [5.41, 5.74) is 0.453. The van der Waals surface area contributed by atoms with Gasteiger partial charge in [-0.1, -0.05) is 23.7 Å². The molecular weight excluding hydrogens is 439 g/mol. The fourth-order valence-corrected chi connectivity index (χ4v) is 3.51. The molecule has 0 saturated carbocycles. The molecule has 0 aliphatic carbocycles. The van der Waals surface area contributed by atoms with Gasteiger partial charge in [-0.05, 0) is 35.9 Å². The van der Waals surface area contributed by atoms with Gasteiger partial charge in [-0.3, -0.25) is 9.78 Å². The van der Waals surface area contributed by atoms with Crippen LogP contribution in [0, 0.1) is 0 Å². The highest BCUT2D eigenvalue weighted by Crippen LogP contribution is 2.34. The van der Waals surface area contributed by atoms with E-state index in [9.17, 15) is 22.5 Å². The van der Waals surface area contributed by atoms with Crippen LogP contribution in [-0.4, -0.2) is 15.4 Å². The summed E-state index contributed by atoms with van der Waals surface area (Å²) in [5, 5.41) is 8.72. The summed E-state index contributed by atoms with van der Waals surface area (Å²) in [5.74, 6) is -0.334. The van der Waals surface area contributed by atoms with Crippen LogP contribution in [0.25, 0.3) is 11.1 Å². The summed E-state index contributed by atoms with van der Waals surface area (Å²) in [4.78, 5) is 16.0. The number of alkyl halides is 3. The lowest BCUT2D eigenvalue weighted by atomic mass is 10.0. The van der Waals surface area contributed by atoms with Gasteiger partial charge in [0.25, 0.3) is 0 Å². The van der Waals surface area contributed by atoms with E-state index in [4.69, 9.17) is 16.7 Å². The Morgan fingerprint density at radius 2 is 1.83 bits per heavy atom. The van der Waals surface area contributed by atoms with E-state index in [0.717, 1.165) is 11.6 Å². The van der Waals surface area contributed by atoms with Crippen molar-refractivity contribution in [2.24, 2.45) is 5.14 Å². The minimum absolute atomic E-state index is 0.0698. The lowest BCUT2D eigenvalue weighted by Gasteiger charge is -2.13. The number of nitrogens with two attached hydrogens (primary N) is 1. The number of hydrogen-bond donors (Lipinski definition) is 2. The number of halogens is 4. The van der Waals surface area contributed by atoms with E-state index in [1.165, 1.54) is 24.4 Å². The molecule has 0 spiro atoms. The van der Waals surface area contributed by atoms with Crippen LogP contribution in [0.5, 0.6) is 0 Å². The van der Waals surface area contributed by atoms with Crippen LogP contribution < -0.4 is 10.5 Å². The predicted molar refractivity (Wildman–Crippen MR) is 109 cm³/mol. The van der Waals surface area contributed by atoms with Crippen molar-refractivity contribution < 1.29 is 22.5 Å². The molecule has 5 nitrogen and oxygen atoms in total. The molecule has 0 radical (unpaired) electrons. The smallest absolute Gasteiger partial charge is 0.417 e. The average Bonchev–Trinajstić information content (AvgIpc) is 2.69. The molecule has 1 amide bonds. The predicted octanol–water partition coefficient (Wildman–Crippen LogP) is 4.58. The van der Waals surface area contributed by atoms with Crippen molar-refractivity contribution in [1.82, 2.24) is 4.98 Å². The summed E-state index contributed by atoms with van der Waals surface area (Å²) >= 11 is 3.81. The molecule has 1 heterocycles. The second kappa shape index (κ2) is 9.05. The Bertz CT molecular complexity index is 1060. The first-order valence-corrected chi connectivity index (χ1v) is 10.1. The van der Waals surface area contributed by atoms with Crippen LogP contribution in [0.15, 0.2) is 65.8 Å². The number of rotatable bonds is 5. The summed E-state index contributed by atoms with van der Waals surface area (Å²) in [6, 6.07) is 12.0. The zero-order valence-electron chi connectivity index (χ0n) is 15.2. The first kappa shape index (κ1) is 22.1. The van der Waals surface area contributed by atoms with Crippen LogP contribution in [-0.2, 0) is 28.8 Å². The third-order valence-corrected chi connectivity index (χ3v) is 5.16. The maximum Gasteiger partial charge on any atom is 0.417 e. The molecule has 30 heavy (non-hydrogen) atoms. The number of pyridine rings is 1. The van der Waals surface area contributed by atoms with Crippen molar-refractivity contribution in [2.75, 3.05) is 5.32 Å². The van der Waals surface area contributed by atoms with E-state index in [0.29, 0.717) is 16.9 Å². The van der Waals surface area contributed by atoms with Gasteiger partial charge in [-0.2, -0.15) is 13.2 Å². The van der Waals surface area contributed by atoms with E-state index >= 15 is 0 Å². The lowest BCUT2D eigenvalue weighted by molar-refractivity contribution is -0.137. The first-order valence-electron chi connectivity index (χ1n) is 8.50. The van der Waals surface area contributed by atoms with Crippen molar-refractivity contribution in [1.29, 1.82) is 0 Å². The molecule has 0 saturated heterocycles. The molecule has 2 aromatic carbocycles. The van der Waals surface area contributed by atoms with Crippen molar-refractivity contribution in [3.8, 4) is 11.1 Å². The Hall–Kier alpha value is -2.59. The first-order chi connectivity index (χ1) is 14.1. The van der Waals surface area contributed by atoms with Crippen LogP contribution in [0.4, 0.5) is 18.9 Å². The van der Waals surface area contributed by atoms with Crippen LogP contribution in [0.3, 0.4) is 0 Å². The molecule has 1 unspecified atom stereocenters. The lowest BCUT2D eigenvalue weighted by Crippen LogP contribution is -2.17. The van der Waals surface area contributed by atoms with Gasteiger partial charge < -0.3 is 9.87 Å². The van der Waals surface area contributed by atoms with Gasteiger partial charge in [-0.15, -0.1) is 5.14 Å². The van der Waals surface area contributed by atoms with Gasteiger partial charge in [0.1, 0.15) is 0 Å². The summed E-state index contributed by atoms with van der Waals surface area (Å²) < 4.78 is 50.9. The van der Waals surface area contributed by atoms with Crippen molar-refractivity contribution in [3.05, 3.63) is 77.1 Å². The number of nitrogens with one attached hydrogen (secondary N) is 1. The fourth-order valence-electron chi connectivity index (χ4n) is 2.74. The summed E-state index contributed by atoms with van der Waals surface area (Å²) in [7, 11) is 0. The molecule has 0 aliphatic heterocycles. The van der Waals surface area contributed by atoms with Crippen molar-refractivity contribution in [2.45, 2.75) is 17.5 Å². The summed E-state index contributed by atoms with van der Waals surface area (Å²) in [6.07, 6.45) is -2.56. The number of aromatic nitrogens is 1. The molecule has 3 aromatic rings. The van der Waals surface area contributed by atoms with Gasteiger partial charge in [-0.25, -0.2) is 0 Å². The van der Waals surface area contributed by atoms with E-state index in [-0.39, 0.29) is 28.4 Å². The molecular formula is C20H15ClF3N3O2S. The number of anilines is 1. The topological polar surface area (TPSA) is 91.1 Å². The minimum atomic E-state index is -4.57. The van der Waals surface area contributed by atoms with Crippen LogP contribution in [0.2, 0.25) is 5.02 Å².